The molecule has 11 heteroatoms. The molecule has 2 rings (SSSR count). The van der Waals surface area contributed by atoms with Crippen LogP contribution in [0.15, 0.2) is 17.0 Å². The van der Waals surface area contributed by atoms with Crippen molar-refractivity contribution < 1.29 is 17.9 Å². The molecule has 0 aliphatic rings. The van der Waals surface area contributed by atoms with E-state index in [2.05, 4.69) is 20.3 Å². The van der Waals surface area contributed by atoms with Gasteiger partial charge in [-0.3, -0.25) is 5.32 Å². The Labute approximate surface area is 149 Å². The molecule has 0 fully saturated rings. The third-order valence-electron chi connectivity index (χ3n) is 3.01. The topological polar surface area (TPSA) is 123 Å². The standard InChI is InChI=1S/C14H16ClN5O4S/c1-7-5-8(2)16-12(15)11(7)25(22,23)20-14(21)19-13-17-9(3)6-10(18-13)24-4/h5-6H,1-4H3,(H2,17,18,19,20,21). The van der Waals surface area contributed by atoms with Crippen molar-refractivity contribution in [2.45, 2.75) is 25.7 Å². The first-order valence-corrected chi connectivity index (χ1v) is 8.85. The highest BCUT2D eigenvalue weighted by molar-refractivity contribution is 7.90. The highest BCUT2D eigenvalue weighted by Gasteiger charge is 2.25. The van der Waals surface area contributed by atoms with Crippen LogP contribution in [0.1, 0.15) is 17.0 Å². The van der Waals surface area contributed by atoms with E-state index in [0.29, 0.717) is 17.0 Å². The summed E-state index contributed by atoms with van der Waals surface area (Å²) in [7, 11) is -2.82. The van der Waals surface area contributed by atoms with Crippen LogP contribution in [0, 0.1) is 20.8 Å². The Balaban J connectivity index is 2.24. The first-order valence-electron chi connectivity index (χ1n) is 6.99. The summed E-state index contributed by atoms with van der Waals surface area (Å²) in [5.41, 5.74) is 1.46. The Hall–Kier alpha value is -2.46. The van der Waals surface area contributed by atoms with E-state index < -0.39 is 16.1 Å². The molecule has 25 heavy (non-hydrogen) atoms. The Morgan fingerprint density at radius 3 is 2.36 bits per heavy atom. The minimum absolute atomic E-state index is 0.102. The van der Waals surface area contributed by atoms with Gasteiger partial charge in [0.25, 0.3) is 10.0 Å². The minimum atomic E-state index is -4.23. The molecular formula is C14H16ClN5O4S. The number of aromatic nitrogens is 3. The summed E-state index contributed by atoms with van der Waals surface area (Å²) in [6.45, 7) is 4.91. The van der Waals surface area contributed by atoms with Crippen molar-refractivity contribution in [2.24, 2.45) is 0 Å². The fourth-order valence-corrected chi connectivity index (χ4v) is 3.84. The predicted molar refractivity (Wildman–Crippen MR) is 91.4 cm³/mol. The number of nitrogens with one attached hydrogen (secondary N) is 2. The number of methoxy groups -OCH3 is 1. The van der Waals surface area contributed by atoms with Crippen molar-refractivity contribution in [3.8, 4) is 5.88 Å². The third-order valence-corrected chi connectivity index (χ3v) is 4.90. The van der Waals surface area contributed by atoms with E-state index in [9.17, 15) is 13.2 Å². The Kier molecular flexibility index (Phi) is 5.43. The van der Waals surface area contributed by atoms with Crippen LogP contribution in [-0.4, -0.2) is 36.5 Å². The average Bonchev–Trinajstić information content (AvgIpc) is 2.43. The number of anilines is 1. The number of aryl methyl sites for hydroxylation is 3. The molecule has 2 amide bonds. The molecule has 0 saturated carbocycles. The van der Waals surface area contributed by atoms with Gasteiger partial charge in [-0.2, -0.15) is 4.98 Å². The number of sulfonamides is 1. The van der Waals surface area contributed by atoms with E-state index in [4.69, 9.17) is 16.3 Å². The molecule has 134 valence electrons. The monoisotopic (exact) mass is 385 g/mol. The quantitative estimate of drug-likeness (QED) is 0.771. The van der Waals surface area contributed by atoms with Gasteiger partial charge in [0, 0.05) is 17.5 Å². The molecular weight excluding hydrogens is 370 g/mol. The number of hydrogen-bond donors (Lipinski definition) is 2. The molecule has 0 saturated heterocycles. The number of ether oxygens (including phenoxy) is 1. The van der Waals surface area contributed by atoms with Gasteiger partial charge in [0.15, 0.2) is 0 Å². The molecule has 2 N–H and O–H groups in total. The Morgan fingerprint density at radius 1 is 1.12 bits per heavy atom. The van der Waals surface area contributed by atoms with Crippen molar-refractivity contribution in [2.75, 3.05) is 12.4 Å². The smallest absolute Gasteiger partial charge is 0.335 e. The third kappa shape index (κ3) is 4.54. The lowest BCUT2D eigenvalue weighted by Gasteiger charge is -2.12. The summed E-state index contributed by atoms with van der Waals surface area (Å²) in [5.74, 6) is 0.127. The van der Waals surface area contributed by atoms with Gasteiger partial charge in [-0.1, -0.05) is 11.6 Å². The summed E-state index contributed by atoms with van der Waals surface area (Å²) in [6.07, 6.45) is 0. The number of hydrogen-bond acceptors (Lipinski definition) is 7. The number of rotatable bonds is 4. The van der Waals surface area contributed by atoms with Gasteiger partial charge in [0.2, 0.25) is 11.8 Å². The highest BCUT2D eigenvalue weighted by Crippen LogP contribution is 2.23. The predicted octanol–water partition coefficient (Wildman–Crippen LogP) is 1.97. The molecule has 0 radical (unpaired) electrons. The molecule has 2 heterocycles. The average molecular weight is 386 g/mol. The van der Waals surface area contributed by atoms with Crippen LogP contribution in [0.5, 0.6) is 5.88 Å². The van der Waals surface area contributed by atoms with E-state index in [1.165, 1.54) is 7.11 Å². The van der Waals surface area contributed by atoms with E-state index >= 15 is 0 Å². The lowest BCUT2D eigenvalue weighted by atomic mass is 10.2. The van der Waals surface area contributed by atoms with Crippen LogP contribution in [0.4, 0.5) is 10.7 Å². The zero-order chi connectivity index (χ0) is 18.8. The molecule has 0 atom stereocenters. The van der Waals surface area contributed by atoms with Crippen molar-refractivity contribution >= 4 is 33.6 Å². The second-order valence-corrected chi connectivity index (χ2v) is 7.11. The van der Waals surface area contributed by atoms with Gasteiger partial charge in [-0.15, -0.1) is 0 Å². The zero-order valence-corrected chi connectivity index (χ0v) is 15.5. The van der Waals surface area contributed by atoms with Crippen LogP contribution in [0.3, 0.4) is 0 Å². The van der Waals surface area contributed by atoms with Crippen LogP contribution < -0.4 is 14.8 Å². The number of pyridine rings is 1. The molecule has 2 aromatic heterocycles. The maximum atomic E-state index is 12.4. The second-order valence-electron chi connectivity index (χ2n) is 5.14. The molecule has 0 aromatic carbocycles. The number of carbonyl (C=O) groups is 1. The van der Waals surface area contributed by atoms with E-state index in [0.717, 1.165) is 0 Å². The van der Waals surface area contributed by atoms with E-state index in [1.54, 1.807) is 32.9 Å². The summed E-state index contributed by atoms with van der Waals surface area (Å²) in [5, 5.41) is 2.02. The summed E-state index contributed by atoms with van der Waals surface area (Å²) in [6, 6.07) is 2.07. The largest absolute Gasteiger partial charge is 0.481 e. The van der Waals surface area contributed by atoms with Crippen LogP contribution in [0.2, 0.25) is 5.15 Å². The number of carbonyl (C=O) groups excluding carboxylic acids is 1. The molecule has 0 aliphatic heterocycles. The van der Waals surface area contributed by atoms with Crippen LogP contribution in [-0.2, 0) is 10.0 Å². The van der Waals surface area contributed by atoms with E-state index in [1.807, 2.05) is 4.72 Å². The summed E-state index contributed by atoms with van der Waals surface area (Å²) >= 11 is 5.92. The Bertz CT molecular complexity index is 910. The maximum absolute atomic E-state index is 12.4. The lowest BCUT2D eigenvalue weighted by Crippen LogP contribution is -2.35. The normalized spacial score (nSPS) is 11.1. The first kappa shape index (κ1) is 18.9. The van der Waals surface area contributed by atoms with E-state index in [-0.39, 0.29) is 21.9 Å². The molecule has 0 unspecified atom stereocenters. The van der Waals surface area contributed by atoms with Crippen LogP contribution >= 0.6 is 11.6 Å². The van der Waals surface area contributed by atoms with Crippen molar-refractivity contribution in [1.82, 2.24) is 19.7 Å². The minimum Gasteiger partial charge on any atom is -0.481 e. The van der Waals surface area contributed by atoms with Gasteiger partial charge in [0.1, 0.15) is 10.0 Å². The fourth-order valence-electron chi connectivity index (χ4n) is 2.10. The second kappa shape index (κ2) is 7.19. The van der Waals surface area contributed by atoms with Crippen molar-refractivity contribution in [3.05, 3.63) is 34.2 Å². The van der Waals surface area contributed by atoms with Gasteiger partial charge < -0.3 is 4.74 Å². The summed E-state index contributed by atoms with van der Waals surface area (Å²) < 4.78 is 31.6. The molecule has 0 aliphatic carbocycles. The SMILES string of the molecule is COc1cc(C)nc(NC(=O)NS(=O)(=O)c2c(C)cc(C)nc2Cl)n1. The number of amides is 2. The number of halogens is 1. The van der Waals surface area contributed by atoms with Crippen molar-refractivity contribution in [1.29, 1.82) is 0 Å². The number of urea groups is 1. The van der Waals surface area contributed by atoms with Gasteiger partial charge in [0.05, 0.1) is 7.11 Å². The first-order chi connectivity index (χ1) is 11.6. The molecule has 0 bridgehead atoms. The fraction of sp³-hybridized carbons (Fsp3) is 0.286. The summed E-state index contributed by atoms with van der Waals surface area (Å²) in [4.78, 5) is 23.5. The lowest BCUT2D eigenvalue weighted by molar-refractivity contribution is 0.256. The van der Waals surface area contributed by atoms with Gasteiger partial charge in [-0.25, -0.2) is 27.9 Å². The van der Waals surface area contributed by atoms with Crippen LogP contribution in [0.25, 0.3) is 0 Å². The van der Waals surface area contributed by atoms with Gasteiger partial charge in [-0.05, 0) is 32.4 Å². The highest BCUT2D eigenvalue weighted by atomic mass is 35.5. The Morgan fingerprint density at radius 2 is 1.76 bits per heavy atom. The molecule has 0 spiro atoms. The zero-order valence-electron chi connectivity index (χ0n) is 13.9. The van der Waals surface area contributed by atoms with Crippen molar-refractivity contribution in [3.63, 3.8) is 0 Å². The molecule has 9 nitrogen and oxygen atoms in total. The maximum Gasteiger partial charge on any atom is 0.335 e. The number of nitrogens with zero attached hydrogens (tertiary/aromatic N) is 3. The molecule has 2 aromatic rings. The van der Waals surface area contributed by atoms with Gasteiger partial charge >= 0.3 is 6.03 Å².